The summed E-state index contributed by atoms with van der Waals surface area (Å²) >= 11 is 0. The SMILES string of the molecule is COc1ccc2nc(C)c(C(=O)NCCCN3CCC(C)CC3)cc2c1. The van der Waals surface area contributed by atoms with Crippen molar-refractivity contribution < 1.29 is 9.53 Å². The van der Waals surface area contributed by atoms with Crippen LogP contribution >= 0.6 is 0 Å². The first kappa shape index (κ1) is 18.6. The summed E-state index contributed by atoms with van der Waals surface area (Å²) in [7, 11) is 1.64. The Labute approximate surface area is 155 Å². The van der Waals surface area contributed by atoms with Crippen LogP contribution in [-0.4, -0.2) is 49.1 Å². The molecule has 26 heavy (non-hydrogen) atoms. The summed E-state index contributed by atoms with van der Waals surface area (Å²) in [6.45, 7) is 8.33. The van der Waals surface area contributed by atoms with Crippen LogP contribution in [0.3, 0.4) is 0 Å². The maximum absolute atomic E-state index is 12.6. The lowest BCUT2D eigenvalue weighted by atomic mass is 9.99. The van der Waals surface area contributed by atoms with Crippen molar-refractivity contribution in [2.45, 2.75) is 33.1 Å². The quantitative estimate of drug-likeness (QED) is 0.807. The number of aryl methyl sites for hydroxylation is 1. The summed E-state index contributed by atoms with van der Waals surface area (Å²) in [4.78, 5) is 19.6. The lowest BCUT2D eigenvalue weighted by Gasteiger charge is -2.30. The Bertz CT molecular complexity index is 767. The number of nitrogens with one attached hydrogen (secondary N) is 1. The molecule has 3 rings (SSSR count). The predicted octanol–water partition coefficient (Wildman–Crippen LogP) is 3.40. The Morgan fingerprint density at radius 2 is 2.08 bits per heavy atom. The highest BCUT2D eigenvalue weighted by Crippen LogP contribution is 2.22. The fourth-order valence-corrected chi connectivity index (χ4v) is 3.49. The number of hydrogen-bond acceptors (Lipinski definition) is 4. The van der Waals surface area contributed by atoms with Gasteiger partial charge in [0.05, 0.1) is 23.9 Å². The average Bonchev–Trinajstić information content (AvgIpc) is 2.65. The van der Waals surface area contributed by atoms with Gasteiger partial charge in [0.25, 0.3) is 5.91 Å². The largest absolute Gasteiger partial charge is 0.497 e. The third kappa shape index (κ3) is 4.52. The number of hydrogen-bond donors (Lipinski definition) is 1. The van der Waals surface area contributed by atoms with Crippen molar-refractivity contribution >= 4 is 16.8 Å². The van der Waals surface area contributed by atoms with Crippen molar-refractivity contribution in [3.05, 3.63) is 35.5 Å². The number of methoxy groups -OCH3 is 1. The molecule has 1 N–H and O–H groups in total. The molecule has 0 unspecified atom stereocenters. The number of carbonyl (C=O) groups is 1. The lowest BCUT2D eigenvalue weighted by molar-refractivity contribution is 0.0949. The fraction of sp³-hybridized carbons (Fsp3) is 0.524. The molecule has 0 atom stereocenters. The van der Waals surface area contributed by atoms with E-state index >= 15 is 0 Å². The van der Waals surface area contributed by atoms with Gasteiger partial charge in [0.2, 0.25) is 0 Å². The molecule has 1 aromatic heterocycles. The molecule has 5 heteroatoms. The van der Waals surface area contributed by atoms with Gasteiger partial charge in [0.15, 0.2) is 0 Å². The summed E-state index contributed by atoms with van der Waals surface area (Å²) in [6.07, 6.45) is 3.56. The van der Waals surface area contributed by atoms with E-state index in [9.17, 15) is 4.79 Å². The zero-order chi connectivity index (χ0) is 18.5. The van der Waals surface area contributed by atoms with Crippen molar-refractivity contribution in [2.24, 2.45) is 5.92 Å². The first-order chi connectivity index (χ1) is 12.6. The van der Waals surface area contributed by atoms with Crippen molar-refractivity contribution in [1.82, 2.24) is 15.2 Å². The van der Waals surface area contributed by atoms with E-state index in [1.165, 1.54) is 25.9 Å². The van der Waals surface area contributed by atoms with E-state index < -0.39 is 0 Å². The Kier molecular flexibility index (Phi) is 6.09. The van der Waals surface area contributed by atoms with Crippen LogP contribution in [0.1, 0.15) is 42.2 Å². The molecule has 5 nitrogen and oxygen atoms in total. The minimum Gasteiger partial charge on any atom is -0.497 e. The van der Waals surface area contributed by atoms with E-state index in [-0.39, 0.29) is 5.91 Å². The second-order valence-electron chi connectivity index (χ2n) is 7.31. The third-order valence-corrected chi connectivity index (χ3v) is 5.27. The summed E-state index contributed by atoms with van der Waals surface area (Å²) in [5.74, 6) is 1.57. The number of amides is 1. The van der Waals surface area contributed by atoms with E-state index in [2.05, 4.69) is 22.1 Å². The number of piperidine rings is 1. The summed E-state index contributed by atoms with van der Waals surface area (Å²) < 4.78 is 5.26. The molecule has 1 amide bonds. The van der Waals surface area contributed by atoms with Crippen molar-refractivity contribution in [3.8, 4) is 5.75 Å². The minimum atomic E-state index is -0.0491. The fourth-order valence-electron chi connectivity index (χ4n) is 3.49. The van der Waals surface area contributed by atoms with Crippen molar-refractivity contribution in [2.75, 3.05) is 33.3 Å². The molecule has 0 bridgehead atoms. The lowest BCUT2D eigenvalue weighted by Crippen LogP contribution is -2.35. The number of ether oxygens (including phenoxy) is 1. The second kappa shape index (κ2) is 8.49. The molecule has 0 saturated carbocycles. The molecular formula is C21H29N3O2. The van der Waals surface area contributed by atoms with E-state index in [1.54, 1.807) is 7.11 Å². The van der Waals surface area contributed by atoms with Crippen LogP contribution in [0.5, 0.6) is 5.75 Å². The number of fused-ring (bicyclic) bond motifs is 1. The van der Waals surface area contributed by atoms with Gasteiger partial charge in [0.1, 0.15) is 5.75 Å². The van der Waals surface area contributed by atoms with Gasteiger partial charge in [-0.15, -0.1) is 0 Å². The normalized spacial score (nSPS) is 16.0. The molecule has 1 aliphatic rings. The van der Waals surface area contributed by atoms with E-state index in [1.807, 2.05) is 31.2 Å². The Balaban J connectivity index is 1.56. The first-order valence-corrected chi connectivity index (χ1v) is 9.53. The number of aromatic nitrogens is 1. The number of rotatable bonds is 6. The van der Waals surface area contributed by atoms with Gasteiger partial charge >= 0.3 is 0 Å². The van der Waals surface area contributed by atoms with Gasteiger partial charge in [-0.05, 0) is 76.0 Å². The standard InChI is InChI=1S/C21H29N3O2/c1-15-7-11-24(12-8-15)10-4-9-22-21(25)19-14-17-13-18(26-3)5-6-20(17)23-16(19)2/h5-6,13-15H,4,7-12H2,1-3H3,(H,22,25). The summed E-state index contributed by atoms with van der Waals surface area (Å²) in [5.41, 5.74) is 2.27. The minimum absolute atomic E-state index is 0.0491. The maximum atomic E-state index is 12.6. The molecule has 0 aliphatic carbocycles. The van der Waals surface area contributed by atoms with Crippen LogP contribution in [-0.2, 0) is 0 Å². The molecule has 140 valence electrons. The Morgan fingerprint density at radius 3 is 2.81 bits per heavy atom. The van der Waals surface area contributed by atoms with Crippen molar-refractivity contribution in [1.29, 1.82) is 0 Å². The number of pyridine rings is 1. The zero-order valence-corrected chi connectivity index (χ0v) is 16.0. The predicted molar refractivity (Wildman–Crippen MR) is 105 cm³/mol. The Morgan fingerprint density at radius 1 is 1.31 bits per heavy atom. The van der Waals surface area contributed by atoms with E-state index in [0.29, 0.717) is 12.1 Å². The highest BCUT2D eigenvalue weighted by atomic mass is 16.5. The van der Waals surface area contributed by atoms with Crippen LogP contribution in [0.2, 0.25) is 0 Å². The first-order valence-electron chi connectivity index (χ1n) is 9.53. The van der Waals surface area contributed by atoms with Gasteiger partial charge in [-0.3, -0.25) is 9.78 Å². The van der Waals surface area contributed by atoms with Crippen LogP contribution in [0.25, 0.3) is 10.9 Å². The molecular weight excluding hydrogens is 326 g/mol. The summed E-state index contributed by atoms with van der Waals surface area (Å²) in [5, 5.41) is 3.96. The van der Waals surface area contributed by atoms with Crippen LogP contribution in [0.15, 0.2) is 24.3 Å². The Hall–Kier alpha value is -2.14. The second-order valence-corrected chi connectivity index (χ2v) is 7.31. The zero-order valence-electron chi connectivity index (χ0n) is 16.0. The monoisotopic (exact) mass is 355 g/mol. The molecule has 1 fully saturated rings. The van der Waals surface area contributed by atoms with E-state index in [4.69, 9.17) is 4.74 Å². The smallest absolute Gasteiger partial charge is 0.253 e. The molecule has 1 saturated heterocycles. The van der Waals surface area contributed by atoms with Crippen LogP contribution < -0.4 is 10.1 Å². The van der Waals surface area contributed by atoms with Gasteiger partial charge in [-0.25, -0.2) is 0 Å². The van der Waals surface area contributed by atoms with Gasteiger partial charge in [0, 0.05) is 11.9 Å². The number of carbonyl (C=O) groups excluding carboxylic acids is 1. The van der Waals surface area contributed by atoms with Gasteiger partial charge < -0.3 is 15.0 Å². The number of nitrogens with zero attached hydrogens (tertiary/aromatic N) is 2. The maximum Gasteiger partial charge on any atom is 0.253 e. The summed E-state index contributed by atoms with van der Waals surface area (Å²) in [6, 6.07) is 7.62. The van der Waals surface area contributed by atoms with Crippen LogP contribution in [0, 0.1) is 12.8 Å². The molecule has 0 radical (unpaired) electrons. The average molecular weight is 355 g/mol. The highest BCUT2D eigenvalue weighted by Gasteiger charge is 2.15. The van der Waals surface area contributed by atoms with Gasteiger partial charge in [-0.1, -0.05) is 6.92 Å². The topological polar surface area (TPSA) is 54.5 Å². The molecule has 2 heterocycles. The number of likely N-dealkylation sites (tertiary alicyclic amines) is 1. The molecule has 1 aromatic carbocycles. The van der Waals surface area contributed by atoms with Crippen molar-refractivity contribution in [3.63, 3.8) is 0 Å². The molecule has 0 spiro atoms. The number of benzene rings is 1. The van der Waals surface area contributed by atoms with Gasteiger partial charge in [-0.2, -0.15) is 0 Å². The van der Waals surface area contributed by atoms with Crippen LogP contribution in [0.4, 0.5) is 0 Å². The third-order valence-electron chi connectivity index (χ3n) is 5.27. The molecule has 2 aromatic rings. The van der Waals surface area contributed by atoms with E-state index in [0.717, 1.165) is 41.2 Å². The molecule has 1 aliphatic heterocycles. The highest BCUT2D eigenvalue weighted by molar-refractivity contribution is 5.98.